The van der Waals surface area contributed by atoms with Crippen LogP contribution in [0.4, 0.5) is 23.7 Å². The number of hydrogen-bond donors (Lipinski definition) is 1. The zero-order chi connectivity index (χ0) is 17.6. The van der Waals surface area contributed by atoms with Crippen LogP contribution in [-0.2, 0) is 10.9 Å². The average molecular weight is 339 g/mol. The number of amides is 1. The molecule has 2 aromatic carbocycles. The van der Waals surface area contributed by atoms with Gasteiger partial charge in [0, 0.05) is 0 Å². The van der Waals surface area contributed by atoms with Gasteiger partial charge in [0.25, 0.3) is 0 Å². The van der Waals surface area contributed by atoms with Gasteiger partial charge in [0.1, 0.15) is 19.0 Å². The number of benzene rings is 2. The summed E-state index contributed by atoms with van der Waals surface area (Å²) < 4.78 is 48.6. The molecule has 24 heavy (non-hydrogen) atoms. The molecule has 1 N–H and O–H groups in total. The second-order valence-electron chi connectivity index (χ2n) is 4.97. The van der Waals surface area contributed by atoms with Crippen molar-refractivity contribution >= 4 is 11.8 Å². The van der Waals surface area contributed by atoms with Gasteiger partial charge in [-0.1, -0.05) is 24.3 Å². The Kier molecular flexibility index (Phi) is 5.68. The van der Waals surface area contributed by atoms with Crippen LogP contribution >= 0.6 is 0 Å². The molecule has 0 saturated heterocycles. The highest BCUT2D eigenvalue weighted by Crippen LogP contribution is 2.34. The SMILES string of the molecule is Cc1cccc(OCCOC(=O)Nc2ccccc2C(F)(F)F)c1. The largest absolute Gasteiger partial charge is 0.490 e. The van der Waals surface area contributed by atoms with Crippen molar-refractivity contribution in [2.24, 2.45) is 0 Å². The van der Waals surface area contributed by atoms with Gasteiger partial charge in [0.2, 0.25) is 0 Å². The molecule has 0 atom stereocenters. The first kappa shape index (κ1) is 17.7. The fourth-order valence-corrected chi connectivity index (χ4v) is 1.98. The Balaban J connectivity index is 1.82. The van der Waals surface area contributed by atoms with Gasteiger partial charge in [0.05, 0.1) is 11.3 Å². The minimum absolute atomic E-state index is 0.0893. The van der Waals surface area contributed by atoms with Crippen LogP contribution in [0.25, 0.3) is 0 Å². The summed E-state index contributed by atoms with van der Waals surface area (Å²) in [6.07, 6.45) is -5.53. The minimum atomic E-state index is -4.56. The number of aryl methyl sites for hydroxylation is 1. The monoisotopic (exact) mass is 339 g/mol. The van der Waals surface area contributed by atoms with Gasteiger partial charge >= 0.3 is 12.3 Å². The van der Waals surface area contributed by atoms with Gasteiger partial charge < -0.3 is 9.47 Å². The molecule has 0 bridgehead atoms. The maximum Gasteiger partial charge on any atom is 0.418 e. The molecule has 7 heteroatoms. The third-order valence-electron chi connectivity index (χ3n) is 3.04. The summed E-state index contributed by atoms with van der Waals surface area (Å²) in [7, 11) is 0. The molecule has 0 fully saturated rings. The zero-order valence-electron chi connectivity index (χ0n) is 12.9. The Bertz CT molecular complexity index is 701. The van der Waals surface area contributed by atoms with E-state index >= 15 is 0 Å². The van der Waals surface area contributed by atoms with Crippen LogP contribution in [0.1, 0.15) is 11.1 Å². The Hall–Kier alpha value is -2.70. The first-order valence-corrected chi connectivity index (χ1v) is 7.16. The van der Waals surface area contributed by atoms with E-state index in [1.807, 2.05) is 25.1 Å². The third-order valence-corrected chi connectivity index (χ3v) is 3.04. The number of ether oxygens (including phenoxy) is 2. The standard InChI is InChI=1S/C17H16F3NO3/c1-12-5-4-6-13(11-12)23-9-10-24-16(22)21-15-8-3-2-7-14(15)17(18,19)20/h2-8,11H,9-10H2,1H3,(H,21,22). The van der Waals surface area contributed by atoms with Gasteiger partial charge in [-0.3, -0.25) is 5.32 Å². The third kappa shape index (κ3) is 5.19. The topological polar surface area (TPSA) is 47.6 Å². The normalized spacial score (nSPS) is 11.0. The molecule has 0 heterocycles. The molecule has 0 aliphatic carbocycles. The van der Waals surface area contributed by atoms with Crippen molar-refractivity contribution < 1.29 is 27.4 Å². The minimum Gasteiger partial charge on any atom is -0.490 e. The number of carbonyl (C=O) groups excluding carboxylic acids is 1. The van der Waals surface area contributed by atoms with Crippen molar-refractivity contribution in [3.63, 3.8) is 0 Å². The highest BCUT2D eigenvalue weighted by molar-refractivity contribution is 5.85. The maximum atomic E-state index is 12.8. The maximum absolute atomic E-state index is 12.8. The molecule has 0 spiro atoms. The van der Waals surface area contributed by atoms with Gasteiger partial charge in [-0.25, -0.2) is 4.79 Å². The van der Waals surface area contributed by atoms with Crippen molar-refractivity contribution in [1.29, 1.82) is 0 Å². The Morgan fingerprint density at radius 1 is 1.08 bits per heavy atom. The molecule has 2 rings (SSSR count). The number of para-hydroxylation sites is 1. The first-order chi connectivity index (χ1) is 11.4. The molecule has 1 amide bonds. The van der Waals surface area contributed by atoms with E-state index in [1.54, 1.807) is 6.07 Å². The lowest BCUT2D eigenvalue weighted by molar-refractivity contribution is -0.136. The van der Waals surface area contributed by atoms with Crippen LogP contribution in [0.15, 0.2) is 48.5 Å². The highest BCUT2D eigenvalue weighted by Gasteiger charge is 2.33. The number of carbonyl (C=O) groups is 1. The molecule has 2 aromatic rings. The second-order valence-corrected chi connectivity index (χ2v) is 4.97. The van der Waals surface area contributed by atoms with Crippen LogP contribution in [0, 0.1) is 6.92 Å². The fourth-order valence-electron chi connectivity index (χ4n) is 1.98. The van der Waals surface area contributed by atoms with Gasteiger partial charge in [-0.05, 0) is 36.8 Å². The molecule has 128 valence electrons. The van der Waals surface area contributed by atoms with Crippen LogP contribution in [0.3, 0.4) is 0 Å². The van der Waals surface area contributed by atoms with Crippen LogP contribution < -0.4 is 10.1 Å². The van der Waals surface area contributed by atoms with Crippen LogP contribution in [0.2, 0.25) is 0 Å². The van der Waals surface area contributed by atoms with Crippen LogP contribution in [0.5, 0.6) is 5.75 Å². The molecule has 0 radical (unpaired) electrons. The molecule has 0 saturated carbocycles. The summed E-state index contributed by atoms with van der Waals surface area (Å²) in [4.78, 5) is 11.6. The Morgan fingerprint density at radius 3 is 2.54 bits per heavy atom. The summed E-state index contributed by atoms with van der Waals surface area (Å²) in [6.45, 7) is 1.92. The summed E-state index contributed by atoms with van der Waals surface area (Å²) in [5.41, 5.74) is -0.262. The lowest BCUT2D eigenvalue weighted by Crippen LogP contribution is -2.20. The van der Waals surface area contributed by atoms with Crippen molar-refractivity contribution in [2.75, 3.05) is 18.5 Å². The van der Waals surface area contributed by atoms with Crippen molar-refractivity contribution in [3.05, 3.63) is 59.7 Å². The van der Waals surface area contributed by atoms with E-state index in [0.29, 0.717) is 5.75 Å². The fraction of sp³-hybridized carbons (Fsp3) is 0.235. The second kappa shape index (κ2) is 7.72. The van der Waals surface area contributed by atoms with Gasteiger partial charge in [-0.2, -0.15) is 13.2 Å². The molecule has 0 aliphatic heterocycles. The number of anilines is 1. The number of alkyl halides is 3. The van der Waals surface area contributed by atoms with E-state index in [9.17, 15) is 18.0 Å². The number of rotatable bonds is 5. The lowest BCUT2D eigenvalue weighted by atomic mass is 10.2. The lowest BCUT2D eigenvalue weighted by Gasteiger charge is -2.13. The molecule has 4 nitrogen and oxygen atoms in total. The van der Waals surface area contributed by atoms with Crippen molar-refractivity contribution in [1.82, 2.24) is 0 Å². The van der Waals surface area contributed by atoms with Crippen molar-refractivity contribution in [3.8, 4) is 5.75 Å². The zero-order valence-corrected chi connectivity index (χ0v) is 12.9. The highest BCUT2D eigenvalue weighted by atomic mass is 19.4. The van der Waals surface area contributed by atoms with Gasteiger partial charge in [0.15, 0.2) is 0 Å². The van der Waals surface area contributed by atoms with E-state index in [2.05, 4.69) is 5.32 Å². The Labute approximate surface area is 137 Å². The van der Waals surface area contributed by atoms with Crippen LogP contribution in [-0.4, -0.2) is 19.3 Å². The molecule has 0 aliphatic rings. The summed E-state index contributed by atoms with van der Waals surface area (Å²) in [6, 6.07) is 12.0. The summed E-state index contributed by atoms with van der Waals surface area (Å²) in [5, 5.41) is 2.09. The van der Waals surface area contributed by atoms with Gasteiger partial charge in [-0.15, -0.1) is 0 Å². The van der Waals surface area contributed by atoms with E-state index in [4.69, 9.17) is 9.47 Å². The first-order valence-electron chi connectivity index (χ1n) is 7.16. The van der Waals surface area contributed by atoms with E-state index in [0.717, 1.165) is 17.7 Å². The predicted octanol–water partition coefficient (Wildman–Crippen LogP) is 4.64. The molecular formula is C17H16F3NO3. The van der Waals surface area contributed by atoms with Crippen molar-refractivity contribution in [2.45, 2.75) is 13.1 Å². The predicted molar refractivity (Wildman–Crippen MR) is 83.1 cm³/mol. The summed E-state index contributed by atoms with van der Waals surface area (Å²) in [5.74, 6) is 0.626. The number of halogens is 3. The molecule has 0 unspecified atom stereocenters. The molecule has 0 aromatic heterocycles. The summed E-state index contributed by atoms with van der Waals surface area (Å²) >= 11 is 0. The quantitative estimate of drug-likeness (QED) is 0.807. The average Bonchev–Trinajstić information content (AvgIpc) is 2.51. The number of hydrogen-bond acceptors (Lipinski definition) is 3. The number of nitrogens with one attached hydrogen (secondary N) is 1. The Morgan fingerprint density at radius 2 is 1.83 bits per heavy atom. The van der Waals surface area contributed by atoms with E-state index < -0.39 is 17.8 Å². The van der Waals surface area contributed by atoms with E-state index in [-0.39, 0.29) is 18.9 Å². The van der Waals surface area contributed by atoms with E-state index in [1.165, 1.54) is 12.1 Å². The molecular weight excluding hydrogens is 323 g/mol. The smallest absolute Gasteiger partial charge is 0.418 e.